The molecule has 0 aromatic heterocycles. The van der Waals surface area contributed by atoms with E-state index in [4.69, 9.17) is 0 Å². The van der Waals surface area contributed by atoms with Crippen LogP contribution in [-0.2, 0) is 4.79 Å². The molecule has 0 saturated carbocycles. The topological polar surface area (TPSA) is 20.3 Å². The predicted molar refractivity (Wildman–Crippen MR) is 41.2 cm³/mol. The van der Waals surface area contributed by atoms with Crippen LogP contribution in [0.25, 0.3) is 0 Å². The van der Waals surface area contributed by atoms with Crippen LogP contribution in [0.15, 0.2) is 0 Å². The van der Waals surface area contributed by atoms with Gasteiger partial charge < -0.3 is 4.79 Å². The molecular formula is C8H13F2NO. The van der Waals surface area contributed by atoms with Crippen LogP contribution in [0.1, 0.15) is 12.8 Å². The number of hydrogen-bond donors (Lipinski definition) is 0. The van der Waals surface area contributed by atoms with Gasteiger partial charge in [-0.15, -0.1) is 0 Å². The van der Waals surface area contributed by atoms with E-state index in [2.05, 4.69) is 0 Å². The van der Waals surface area contributed by atoms with E-state index in [1.165, 1.54) is 0 Å². The first-order valence-corrected chi connectivity index (χ1v) is 4.16. The minimum Gasteiger partial charge on any atom is -0.303 e. The molecule has 0 bridgehead atoms. The van der Waals surface area contributed by atoms with E-state index < -0.39 is 6.43 Å². The number of nitrogens with zero attached hydrogens (tertiary/aromatic N) is 1. The summed E-state index contributed by atoms with van der Waals surface area (Å²) in [5.74, 6) is 0.307. The molecule has 2 nitrogen and oxygen atoms in total. The standard InChI is InChI=1S/C8H13F2NO/c9-8(10)6-11-3-1-7(5-11)2-4-12/h4,7-8H,1-3,5-6H2. The summed E-state index contributed by atoms with van der Waals surface area (Å²) >= 11 is 0. The molecule has 0 aromatic carbocycles. The molecule has 70 valence electrons. The second-order valence-electron chi connectivity index (χ2n) is 3.21. The Hall–Kier alpha value is -0.510. The zero-order chi connectivity index (χ0) is 8.97. The molecule has 0 spiro atoms. The van der Waals surface area contributed by atoms with Crippen molar-refractivity contribution < 1.29 is 13.6 Å². The van der Waals surface area contributed by atoms with Crippen molar-refractivity contribution in [3.8, 4) is 0 Å². The van der Waals surface area contributed by atoms with E-state index in [9.17, 15) is 13.6 Å². The van der Waals surface area contributed by atoms with Gasteiger partial charge in [0, 0.05) is 13.0 Å². The largest absolute Gasteiger partial charge is 0.303 e. The highest BCUT2D eigenvalue weighted by Crippen LogP contribution is 2.18. The molecule has 1 heterocycles. The minimum absolute atomic E-state index is 0.143. The lowest BCUT2D eigenvalue weighted by atomic mass is 10.1. The predicted octanol–water partition coefficient (Wildman–Crippen LogP) is 1.16. The van der Waals surface area contributed by atoms with Gasteiger partial charge in [-0.05, 0) is 18.9 Å². The van der Waals surface area contributed by atoms with Crippen molar-refractivity contribution in [2.75, 3.05) is 19.6 Å². The summed E-state index contributed by atoms with van der Waals surface area (Å²) < 4.78 is 23.8. The summed E-state index contributed by atoms with van der Waals surface area (Å²) in [7, 11) is 0. The number of rotatable bonds is 4. The number of likely N-dealkylation sites (tertiary alicyclic amines) is 1. The summed E-state index contributed by atoms with van der Waals surface area (Å²) in [5, 5.41) is 0. The minimum atomic E-state index is -2.25. The van der Waals surface area contributed by atoms with Gasteiger partial charge in [0.15, 0.2) is 0 Å². The Kier molecular flexibility index (Phi) is 3.59. The Morgan fingerprint density at radius 1 is 1.58 bits per heavy atom. The maximum absolute atomic E-state index is 11.9. The number of aldehydes is 1. The highest BCUT2D eigenvalue weighted by Gasteiger charge is 2.23. The molecule has 0 amide bonds. The van der Waals surface area contributed by atoms with Crippen LogP contribution in [0.2, 0.25) is 0 Å². The lowest BCUT2D eigenvalue weighted by molar-refractivity contribution is -0.108. The zero-order valence-corrected chi connectivity index (χ0v) is 6.88. The Bertz CT molecular complexity index is 152. The van der Waals surface area contributed by atoms with E-state index >= 15 is 0 Å². The summed E-state index contributed by atoms with van der Waals surface area (Å²) in [6.07, 6.45) is 0.0156. The first kappa shape index (κ1) is 9.58. The number of carbonyl (C=O) groups excluding carboxylic acids is 1. The normalized spacial score (nSPS) is 25.1. The maximum atomic E-state index is 11.9. The van der Waals surface area contributed by atoms with E-state index in [0.717, 1.165) is 12.7 Å². The third kappa shape index (κ3) is 2.85. The first-order chi connectivity index (χ1) is 5.72. The van der Waals surface area contributed by atoms with Crippen LogP contribution in [0.3, 0.4) is 0 Å². The first-order valence-electron chi connectivity index (χ1n) is 4.16. The zero-order valence-electron chi connectivity index (χ0n) is 6.88. The molecule has 0 N–H and O–H groups in total. The van der Waals surface area contributed by atoms with Gasteiger partial charge in [-0.2, -0.15) is 0 Å². The van der Waals surface area contributed by atoms with Crippen molar-refractivity contribution in [2.45, 2.75) is 19.3 Å². The highest BCUT2D eigenvalue weighted by molar-refractivity contribution is 5.49. The molecule has 0 aromatic rings. The molecule has 1 unspecified atom stereocenters. The van der Waals surface area contributed by atoms with Crippen LogP contribution in [0.5, 0.6) is 0 Å². The summed E-state index contributed by atoms with van der Waals surface area (Å²) in [6, 6.07) is 0. The van der Waals surface area contributed by atoms with Crippen LogP contribution in [0, 0.1) is 5.92 Å². The van der Waals surface area contributed by atoms with Crippen LogP contribution >= 0.6 is 0 Å². The van der Waals surface area contributed by atoms with E-state index in [0.29, 0.717) is 25.4 Å². The maximum Gasteiger partial charge on any atom is 0.251 e. The van der Waals surface area contributed by atoms with Gasteiger partial charge in [0.1, 0.15) is 6.29 Å². The van der Waals surface area contributed by atoms with E-state index in [1.54, 1.807) is 4.90 Å². The lowest BCUT2D eigenvalue weighted by Crippen LogP contribution is -2.26. The van der Waals surface area contributed by atoms with Gasteiger partial charge in [0.05, 0.1) is 6.54 Å². The Balaban J connectivity index is 2.21. The van der Waals surface area contributed by atoms with Crippen LogP contribution < -0.4 is 0 Å². The summed E-state index contributed by atoms with van der Waals surface area (Å²) in [6.45, 7) is 1.22. The molecule has 1 aliphatic rings. The van der Waals surface area contributed by atoms with Crippen molar-refractivity contribution in [2.24, 2.45) is 5.92 Å². The van der Waals surface area contributed by atoms with Gasteiger partial charge >= 0.3 is 0 Å². The summed E-state index contributed by atoms with van der Waals surface area (Å²) in [5.41, 5.74) is 0. The average molecular weight is 177 g/mol. The lowest BCUT2D eigenvalue weighted by Gasteiger charge is -2.13. The van der Waals surface area contributed by atoms with Crippen LogP contribution in [0.4, 0.5) is 8.78 Å². The third-order valence-corrected chi connectivity index (χ3v) is 2.20. The van der Waals surface area contributed by atoms with Gasteiger partial charge in [-0.25, -0.2) is 8.78 Å². The second kappa shape index (κ2) is 4.50. The average Bonchev–Trinajstić information content (AvgIpc) is 2.36. The molecule has 0 radical (unpaired) electrons. The van der Waals surface area contributed by atoms with E-state index in [1.807, 2.05) is 0 Å². The number of carbonyl (C=O) groups is 1. The number of halogens is 2. The molecular weight excluding hydrogens is 164 g/mol. The van der Waals surface area contributed by atoms with Gasteiger partial charge in [0.2, 0.25) is 0 Å². The quantitative estimate of drug-likeness (QED) is 0.600. The number of hydrogen-bond acceptors (Lipinski definition) is 2. The molecule has 1 rings (SSSR count). The van der Waals surface area contributed by atoms with Crippen molar-refractivity contribution in [1.82, 2.24) is 4.90 Å². The molecule has 0 aliphatic carbocycles. The van der Waals surface area contributed by atoms with Gasteiger partial charge in [-0.3, -0.25) is 4.90 Å². The van der Waals surface area contributed by atoms with Crippen molar-refractivity contribution >= 4 is 6.29 Å². The smallest absolute Gasteiger partial charge is 0.251 e. The fraction of sp³-hybridized carbons (Fsp3) is 0.875. The fourth-order valence-electron chi connectivity index (χ4n) is 1.60. The van der Waals surface area contributed by atoms with E-state index in [-0.39, 0.29) is 6.54 Å². The fourth-order valence-corrected chi connectivity index (χ4v) is 1.60. The molecule has 1 atom stereocenters. The van der Waals surface area contributed by atoms with Gasteiger partial charge in [0.25, 0.3) is 6.43 Å². The van der Waals surface area contributed by atoms with Crippen molar-refractivity contribution in [3.63, 3.8) is 0 Å². The van der Waals surface area contributed by atoms with Crippen LogP contribution in [-0.4, -0.2) is 37.2 Å². The van der Waals surface area contributed by atoms with Gasteiger partial charge in [-0.1, -0.05) is 0 Å². The third-order valence-electron chi connectivity index (χ3n) is 2.20. The number of alkyl halides is 2. The summed E-state index contributed by atoms with van der Waals surface area (Å²) in [4.78, 5) is 11.8. The molecule has 1 aliphatic heterocycles. The SMILES string of the molecule is O=CCC1CCN(CC(F)F)C1. The second-order valence-corrected chi connectivity index (χ2v) is 3.21. The molecule has 1 fully saturated rings. The Labute approximate surface area is 70.5 Å². The highest BCUT2D eigenvalue weighted by atomic mass is 19.3. The molecule has 1 saturated heterocycles. The Morgan fingerprint density at radius 3 is 2.92 bits per heavy atom. The monoisotopic (exact) mass is 177 g/mol. The van der Waals surface area contributed by atoms with Crippen molar-refractivity contribution in [3.05, 3.63) is 0 Å². The Morgan fingerprint density at radius 2 is 2.33 bits per heavy atom. The molecule has 12 heavy (non-hydrogen) atoms. The van der Waals surface area contributed by atoms with Crippen molar-refractivity contribution in [1.29, 1.82) is 0 Å². The molecule has 4 heteroatoms.